The van der Waals surface area contributed by atoms with Crippen LogP contribution >= 0.6 is 12.4 Å². The molecule has 1 aromatic carbocycles. The van der Waals surface area contributed by atoms with Gasteiger partial charge in [0.25, 0.3) is 0 Å². The third kappa shape index (κ3) is 4.57. The number of hydrogen-bond acceptors (Lipinski definition) is 5. The fourth-order valence-electron chi connectivity index (χ4n) is 3.20. The molecule has 0 saturated carbocycles. The Hall–Kier alpha value is -1.50. The van der Waals surface area contributed by atoms with Crippen LogP contribution in [0.4, 0.5) is 4.39 Å². The summed E-state index contributed by atoms with van der Waals surface area (Å²) in [6.45, 7) is 8.32. The summed E-state index contributed by atoms with van der Waals surface area (Å²) in [5.74, 6) is 1.00. The van der Waals surface area contributed by atoms with E-state index in [0.717, 1.165) is 25.1 Å². The summed E-state index contributed by atoms with van der Waals surface area (Å²) >= 11 is 0. The average Bonchev–Trinajstić information content (AvgIpc) is 3.00. The Kier molecular flexibility index (Phi) is 6.19. The maximum Gasteiger partial charge on any atom is 0.243 e. The normalized spacial score (nSPS) is 21.6. The minimum Gasteiger partial charge on any atom is -0.338 e. The highest BCUT2D eigenvalue weighted by Gasteiger charge is 2.36. The molecule has 0 amide bonds. The van der Waals surface area contributed by atoms with Gasteiger partial charge in [-0.1, -0.05) is 31.1 Å². The van der Waals surface area contributed by atoms with E-state index in [1.807, 2.05) is 0 Å². The van der Waals surface area contributed by atoms with E-state index in [9.17, 15) is 4.39 Å². The van der Waals surface area contributed by atoms with Crippen molar-refractivity contribution < 1.29 is 8.91 Å². The highest BCUT2D eigenvalue weighted by Crippen LogP contribution is 2.32. The quantitative estimate of drug-likeness (QED) is 0.896. The predicted octanol–water partition coefficient (Wildman–Crippen LogP) is 3.34. The van der Waals surface area contributed by atoms with Crippen LogP contribution in [0.5, 0.6) is 0 Å². The highest BCUT2D eigenvalue weighted by atomic mass is 35.5. The molecule has 5 nitrogen and oxygen atoms in total. The first kappa shape index (κ1) is 19.8. The van der Waals surface area contributed by atoms with Crippen LogP contribution in [0, 0.1) is 11.2 Å². The Morgan fingerprint density at radius 2 is 2.04 bits per heavy atom. The Morgan fingerprint density at radius 1 is 1.36 bits per heavy atom. The summed E-state index contributed by atoms with van der Waals surface area (Å²) in [5.41, 5.74) is 7.24. The van der Waals surface area contributed by atoms with Crippen LogP contribution in [0.3, 0.4) is 0 Å². The van der Waals surface area contributed by atoms with Gasteiger partial charge in [0.1, 0.15) is 5.82 Å². The second-order valence-corrected chi connectivity index (χ2v) is 7.38. The van der Waals surface area contributed by atoms with Gasteiger partial charge in [0.2, 0.25) is 5.89 Å². The molecule has 25 heavy (non-hydrogen) atoms. The van der Waals surface area contributed by atoms with Crippen LogP contribution < -0.4 is 5.73 Å². The van der Waals surface area contributed by atoms with Gasteiger partial charge in [-0.2, -0.15) is 4.98 Å². The smallest absolute Gasteiger partial charge is 0.243 e. The van der Waals surface area contributed by atoms with Gasteiger partial charge in [-0.25, -0.2) is 4.39 Å². The first-order valence-corrected chi connectivity index (χ1v) is 8.42. The van der Waals surface area contributed by atoms with Gasteiger partial charge in [-0.15, -0.1) is 12.4 Å². The molecule has 2 N–H and O–H groups in total. The fraction of sp³-hybridized carbons (Fsp3) is 0.556. The van der Waals surface area contributed by atoms with Gasteiger partial charge in [-0.3, -0.25) is 4.90 Å². The molecule has 0 radical (unpaired) electrons. The lowest BCUT2D eigenvalue weighted by atomic mass is 9.79. The minimum atomic E-state index is -0.243. The van der Waals surface area contributed by atoms with Gasteiger partial charge < -0.3 is 10.3 Å². The number of nitrogens with zero attached hydrogens (tertiary/aromatic N) is 3. The largest absolute Gasteiger partial charge is 0.338 e. The van der Waals surface area contributed by atoms with E-state index in [1.165, 1.54) is 12.1 Å². The molecule has 1 aromatic heterocycles. The molecule has 1 aliphatic heterocycles. The number of likely N-dealkylation sites (tertiary alicyclic amines) is 1. The fourth-order valence-corrected chi connectivity index (χ4v) is 3.20. The summed E-state index contributed by atoms with van der Waals surface area (Å²) in [6, 6.07) is 6.65. The third-order valence-corrected chi connectivity index (χ3v) is 5.01. The zero-order chi connectivity index (χ0) is 17.3. The molecule has 3 rings (SSSR count). The van der Waals surface area contributed by atoms with E-state index < -0.39 is 0 Å². The van der Waals surface area contributed by atoms with Crippen LogP contribution in [-0.4, -0.2) is 34.2 Å². The van der Waals surface area contributed by atoms with E-state index in [2.05, 4.69) is 35.8 Å². The highest BCUT2D eigenvalue weighted by molar-refractivity contribution is 5.85. The SMILES string of the molecule is CC(c1nc(Cc2ccc(F)cc2)no1)N1CCC(N)C(C)(C)C1.Cl. The van der Waals surface area contributed by atoms with Crippen molar-refractivity contribution >= 4 is 12.4 Å². The molecule has 2 heterocycles. The molecule has 1 aliphatic rings. The van der Waals surface area contributed by atoms with Crippen molar-refractivity contribution in [2.24, 2.45) is 11.1 Å². The zero-order valence-corrected chi connectivity index (χ0v) is 15.7. The minimum absolute atomic E-state index is 0. The number of rotatable bonds is 4. The van der Waals surface area contributed by atoms with Gasteiger partial charge in [-0.05, 0) is 36.5 Å². The third-order valence-electron chi connectivity index (χ3n) is 5.01. The van der Waals surface area contributed by atoms with Crippen molar-refractivity contribution in [1.82, 2.24) is 15.0 Å². The zero-order valence-electron chi connectivity index (χ0n) is 14.9. The molecule has 7 heteroatoms. The number of nitrogens with two attached hydrogens (primary N) is 1. The van der Waals surface area contributed by atoms with Crippen LogP contribution in [0.15, 0.2) is 28.8 Å². The van der Waals surface area contributed by atoms with E-state index in [4.69, 9.17) is 10.3 Å². The van der Waals surface area contributed by atoms with Gasteiger partial charge >= 0.3 is 0 Å². The van der Waals surface area contributed by atoms with Crippen LogP contribution in [-0.2, 0) is 6.42 Å². The van der Waals surface area contributed by atoms with E-state index >= 15 is 0 Å². The standard InChI is InChI=1S/C18H25FN4O.ClH/c1-12(23-9-8-15(20)18(2,3)11-23)17-21-16(22-24-17)10-13-4-6-14(19)7-5-13;/h4-7,12,15H,8-11,20H2,1-3H3;1H. The molecule has 2 aromatic rings. The number of aromatic nitrogens is 2. The van der Waals surface area contributed by atoms with Crippen LogP contribution in [0.1, 0.15) is 50.5 Å². The lowest BCUT2D eigenvalue weighted by Gasteiger charge is -2.44. The number of piperidine rings is 1. The van der Waals surface area contributed by atoms with E-state index in [0.29, 0.717) is 18.1 Å². The molecule has 0 bridgehead atoms. The lowest BCUT2D eigenvalue weighted by molar-refractivity contribution is 0.0549. The topological polar surface area (TPSA) is 68.2 Å². The van der Waals surface area contributed by atoms with Gasteiger partial charge in [0, 0.05) is 25.6 Å². The number of halogens is 2. The Morgan fingerprint density at radius 3 is 2.68 bits per heavy atom. The molecule has 2 unspecified atom stereocenters. The molecule has 0 spiro atoms. The summed E-state index contributed by atoms with van der Waals surface area (Å²) in [5, 5.41) is 4.07. The Labute approximate surface area is 154 Å². The van der Waals surface area contributed by atoms with E-state index in [-0.39, 0.29) is 35.7 Å². The van der Waals surface area contributed by atoms with E-state index in [1.54, 1.807) is 12.1 Å². The summed E-state index contributed by atoms with van der Waals surface area (Å²) in [4.78, 5) is 6.87. The maximum absolute atomic E-state index is 13.0. The average molecular weight is 369 g/mol. The number of benzene rings is 1. The van der Waals surface area contributed by atoms with Crippen molar-refractivity contribution in [2.45, 2.75) is 45.7 Å². The van der Waals surface area contributed by atoms with Crippen molar-refractivity contribution in [3.8, 4) is 0 Å². The summed E-state index contributed by atoms with van der Waals surface area (Å²) < 4.78 is 18.4. The summed E-state index contributed by atoms with van der Waals surface area (Å²) in [7, 11) is 0. The van der Waals surface area contributed by atoms with Crippen molar-refractivity contribution in [2.75, 3.05) is 13.1 Å². The molecule has 138 valence electrons. The van der Waals surface area contributed by atoms with Crippen molar-refractivity contribution in [1.29, 1.82) is 0 Å². The predicted molar refractivity (Wildman–Crippen MR) is 97.1 cm³/mol. The Balaban J connectivity index is 0.00000225. The second-order valence-electron chi connectivity index (χ2n) is 7.38. The van der Waals surface area contributed by atoms with Gasteiger partial charge in [0.15, 0.2) is 5.82 Å². The molecular weight excluding hydrogens is 343 g/mol. The van der Waals surface area contributed by atoms with Gasteiger partial charge in [0.05, 0.1) is 6.04 Å². The molecule has 2 atom stereocenters. The first-order valence-electron chi connectivity index (χ1n) is 8.42. The van der Waals surface area contributed by atoms with Crippen LogP contribution in [0.2, 0.25) is 0 Å². The molecule has 0 aliphatic carbocycles. The number of hydrogen-bond donors (Lipinski definition) is 1. The second kappa shape index (κ2) is 7.81. The monoisotopic (exact) mass is 368 g/mol. The first-order chi connectivity index (χ1) is 11.3. The summed E-state index contributed by atoms with van der Waals surface area (Å²) in [6.07, 6.45) is 1.50. The molecule has 1 saturated heterocycles. The van der Waals surface area contributed by atoms with Crippen molar-refractivity contribution in [3.63, 3.8) is 0 Å². The van der Waals surface area contributed by atoms with Crippen molar-refractivity contribution in [3.05, 3.63) is 47.4 Å². The maximum atomic E-state index is 13.0. The van der Waals surface area contributed by atoms with Crippen LogP contribution in [0.25, 0.3) is 0 Å². The molecular formula is C18H26ClFN4O. The molecule has 1 fully saturated rings. The lowest BCUT2D eigenvalue weighted by Crippen LogP contribution is -2.52. The Bertz CT molecular complexity index is 689.